The largest absolute Gasteiger partial charge is 0.392 e. The topological polar surface area (TPSA) is 23.5 Å². The third-order valence-electron chi connectivity index (χ3n) is 2.41. The number of nitrogens with zero attached hydrogens (tertiary/aromatic N) is 1. The number of hydrogen-bond acceptors (Lipinski definition) is 2. The molecule has 0 radical (unpaired) electrons. The molecule has 11 heavy (non-hydrogen) atoms. The molecule has 2 nitrogen and oxygen atoms in total. The molecule has 1 unspecified atom stereocenters. The van der Waals surface area contributed by atoms with Gasteiger partial charge in [0.05, 0.1) is 6.10 Å². The molecule has 0 aromatic rings. The van der Waals surface area contributed by atoms with Crippen LogP contribution in [0.5, 0.6) is 0 Å². The predicted molar refractivity (Wildman–Crippen MR) is 46.5 cm³/mol. The first-order chi connectivity index (χ1) is 5.18. The molecule has 1 saturated carbocycles. The first-order valence-corrected chi connectivity index (χ1v) is 4.51. The normalized spacial score (nSPS) is 21.8. The van der Waals surface area contributed by atoms with Crippen LogP contribution in [0, 0.1) is 5.92 Å². The Morgan fingerprint density at radius 1 is 1.45 bits per heavy atom. The minimum atomic E-state index is -0.102. The molecule has 0 saturated heterocycles. The molecule has 1 fully saturated rings. The molecule has 2 heteroatoms. The molecule has 0 aliphatic heterocycles. The maximum atomic E-state index is 9.51. The van der Waals surface area contributed by atoms with E-state index < -0.39 is 0 Å². The van der Waals surface area contributed by atoms with Crippen LogP contribution >= 0.6 is 0 Å². The molecule has 0 bridgehead atoms. The summed E-state index contributed by atoms with van der Waals surface area (Å²) in [6.07, 6.45) is 4.96. The number of rotatable bonds is 4. The van der Waals surface area contributed by atoms with E-state index in [1.165, 1.54) is 19.3 Å². The highest BCUT2D eigenvalue weighted by atomic mass is 16.3. The van der Waals surface area contributed by atoms with E-state index in [9.17, 15) is 5.11 Å². The summed E-state index contributed by atoms with van der Waals surface area (Å²) in [5.41, 5.74) is 0. The van der Waals surface area contributed by atoms with Crippen molar-refractivity contribution < 1.29 is 5.11 Å². The lowest BCUT2D eigenvalue weighted by Crippen LogP contribution is -2.29. The Hall–Kier alpha value is -0.0800. The van der Waals surface area contributed by atoms with E-state index in [0.29, 0.717) is 0 Å². The summed E-state index contributed by atoms with van der Waals surface area (Å²) >= 11 is 0. The van der Waals surface area contributed by atoms with Crippen molar-refractivity contribution in [3.05, 3.63) is 0 Å². The van der Waals surface area contributed by atoms with Gasteiger partial charge in [-0.25, -0.2) is 0 Å². The van der Waals surface area contributed by atoms with Gasteiger partial charge in [-0.2, -0.15) is 0 Å². The number of aliphatic hydroxyl groups is 1. The van der Waals surface area contributed by atoms with Gasteiger partial charge in [0.15, 0.2) is 0 Å². The zero-order valence-corrected chi connectivity index (χ0v) is 7.58. The SMILES string of the molecule is CN(C)CC(O)CC1CCC1. The van der Waals surface area contributed by atoms with E-state index in [2.05, 4.69) is 0 Å². The van der Waals surface area contributed by atoms with Gasteiger partial charge in [0.1, 0.15) is 0 Å². The maximum absolute atomic E-state index is 9.51. The average Bonchev–Trinajstić information content (AvgIpc) is 1.77. The van der Waals surface area contributed by atoms with Crippen molar-refractivity contribution in [3.8, 4) is 0 Å². The zero-order valence-electron chi connectivity index (χ0n) is 7.58. The van der Waals surface area contributed by atoms with E-state index in [-0.39, 0.29) is 6.10 Å². The quantitative estimate of drug-likeness (QED) is 0.660. The van der Waals surface area contributed by atoms with Crippen LogP contribution in [-0.4, -0.2) is 36.8 Å². The van der Waals surface area contributed by atoms with Gasteiger partial charge >= 0.3 is 0 Å². The molecule has 1 aliphatic carbocycles. The van der Waals surface area contributed by atoms with Crippen LogP contribution in [0.4, 0.5) is 0 Å². The summed E-state index contributed by atoms with van der Waals surface area (Å²) in [6, 6.07) is 0. The molecule has 1 atom stereocenters. The summed E-state index contributed by atoms with van der Waals surface area (Å²) < 4.78 is 0. The van der Waals surface area contributed by atoms with Gasteiger partial charge in [-0.3, -0.25) is 0 Å². The second kappa shape index (κ2) is 4.07. The van der Waals surface area contributed by atoms with Crippen molar-refractivity contribution in [3.63, 3.8) is 0 Å². The highest BCUT2D eigenvalue weighted by Gasteiger charge is 2.20. The van der Waals surface area contributed by atoms with Crippen LogP contribution < -0.4 is 0 Å². The molecule has 1 aliphatic rings. The molecule has 1 rings (SSSR count). The highest BCUT2D eigenvalue weighted by molar-refractivity contribution is 4.73. The van der Waals surface area contributed by atoms with Gasteiger partial charge < -0.3 is 10.0 Å². The minimum absolute atomic E-state index is 0.102. The fraction of sp³-hybridized carbons (Fsp3) is 1.00. The van der Waals surface area contributed by atoms with Crippen LogP contribution in [0.25, 0.3) is 0 Å². The first kappa shape index (κ1) is 9.01. The summed E-state index contributed by atoms with van der Waals surface area (Å²) in [6.45, 7) is 0.816. The Morgan fingerprint density at radius 2 is 2.09 bits per heavy atom. The standard InChI is InChI=1S/C9H19NO/c1-10(2)7-9(11)6-8-4-3-5-8/h8-9,11H,3-7H2,1-2H3. The van der Waals surface area contributed by atoms with Crippen molar-refractivity contribution in [2.75, 3.05) is 20.6 Å². The van der Waals surface area contributed by atoms with Crippen LogP contribution in [0.3, 0.4) is 0 Å². The van der Waals surface area contributed by atoms with Crippen molar-refractivity contribution in [1.82, 2.24) is 4.90 Å². The van der Waals surface area contributed by atoms with Crippen LogP contribution in [0.1, 0.15) is 25.7 Å². The lowest BCUT2D eigenvalue weighted by Gasteiger charge is -2.28. The van der Waals surface area contributed by atoms with Gasteiger partial charge in [-0.15, -0.1) is 0 Å². The Morgan fingerprint density at radius 3 is 2.45 bits per heavy atom. The van der Waals surface area contributed by atoms with Crippen molar-refractivity contribution >= 4 is 0 Å². The highest BCUT2D eigenvalue weighted by Crippen LogP contribution is 2.30. The van der Waals surface area contributed by atoms with Gasteiger partial charge in [-0.1, -0.05) is 19.3 Å². The van der Waals surface area contributed by atoms with E-state index in [1.807, 2.05) is 19.0 Å². The summed E-state index contributed by atoms with van der Waals surface area (Å²) in [7, 11) is 4.01. The van der Waals surface area contributed by atoms with Crippen molar-refractivity contribution in [1.29, 1.82) is 0 Å². The third-order valence-corrected chi connectivity index (χ3v) is 2.41. The second-order valence-corrected chi connectivity index (χ2v) is 3.95. The Labute approximate surface area is 69.2 Å². The summed E-state index contributed by atoms with van der Waals surface area (Å²) in [4.78, 5) is 2.04. The molecular weight excluding hydrogens is 138 g/mol. The molecule has 0 aromatic heterocycles. The molecule has 0 aromatic carbocycles. The van der Waals surface area contributed by atoms with Crippen molar-refractivity contribution in [2.24, 2.45) is 5.92 Å². The first-order valence-electron chi connectivity index (χ1n) is 4.51. The van der Waals surface area contributed by atoms with Gasteiger partial charge in [0.25, 0.3) is 0 Å². The fourth-order valence-electron chi connectivity index (χ4n) is 1.61. The zero-order chi connectivity index (χ0) is 8.27. The Balaban J connectivity index is 2.04. The lowest BCUT2D eigenvalue weighted by molar-refractivity contribution is 0.0919. The van der Waals surface area contributed by atoms with E-state index in [0.717, 1.165) is 18.9 Å². The average molecular weight is 157 g/mol. The molecule has 66 valence electrons. The maximum Gasteiger partial charge on any atom is 0.0669 e. The van der Waals surface area contributed by atoms with Crippen molar-refractivity contribution in [2.45, 2.75) is 31.8 Å². The lowest BCUT2D eigenvalue weighted by atomic mass is 9.81. The molecule has 0 amide bonds. The number of likely N-dealkylation sites (N-methyl/N-ethyl adjacent to an activating group) is 1. The van der Waals surface area contributed by atoms with Gasteiger partial charge in [0, 0.05) is 6.54 Å². The van der Waals surface area contributed by atoms with E-state index >= 15 is 0 Å². The van der Waals surface area contributed by atoms with Crippen LogP contribution in [0.15, 0.2) is 0 Å². The number of hydrogen-bond donors (Lipinski definition) is 1. The fourth-order valence-corrected chi connectivity index (χ4v) is 1.61. The minimum Gasteiger partial charge on any atom is -0.392 e. The second-order valence-electron chi connectivity index (χ2n) is 3.95. The molecule has 0 heterocycles. The van der Waals surface area contributed by atoms with E-state index in [1.54, 1.807) is 0 Å². The summed E-state index contributed by atoms with van der Waals surface area (Å²) in [5.74, 6) is 0.824. The van der Waals surface area contributed by atoms with Gasteiger partial charge in [-0.05, 0) is 26.4 Å². The molecule has 0 spiro atoms. The molecule has 1 N–H and O–H groups in total. The van der Waals surface area contributed by atoms with Gasteiger partial charge in [0.2, 0.25) is 0 Å². The van der Waals surface area contributed by atoms with Crippen LogP contribution in [-0.2, 0) is 0 Å². The summed E-state index contributed by atoms with van der Waals surface area (Å²) in [5, 5.41) is 9.51. The van der Waals surface area contributed by atoms with Crippen LogP contribution in [0.2, 0.25) is 0 Å². The number of aliphatic hydroxyl groups excluding tert-OH is 1. The molecular formula is C9H19NO. The Kier molecular flexibility index (Phi) is 3.34. The predicted octanol–water partition coefficient (Wildman–Crippen LogP) is 1.10. The monoisotopic (exact) mass is 157 g/mol. The third kappa shape index (κ3) is 3.21. The smallest absolute Gasteiger partial charge is 0.0669 e. The van der Waals surface area contributed by atoms with E-state index in [4.69, 9.17) is 0 Å². The Bertz CT molecular complexity index is 110.